The van der Waals surface area contributed by atoms with Gasteiger partial charge in [-0.05, 0) is 101 Å². The van der Waals surface area contributed by atoms with Crippen molar-refractivity contribution < 1.29 is 4.42 Å². The van der Waals surface area contributed by atoms with E-state index in [2.05, 4.69) is 181 Å². The van der Waals surface area contributed by atoms with Crippen LogP contribution in [-0.4, -0.2) is 19.5 Å². The van der Waals surface area contributed by atoms with Gasteiger partial charge >= 0.3 is 0 Å². The molecule has 0 amide bonds. The van der Waals surface area contributed by atoms with Crippen molar-refractivity contribution in [2.75, 3.05) is 0 Å². The van der Waals surface area contributed by atoms with Crippen molar-refractivity contribution in [3.63, 3.8) is 0 Å². The summed E-state index contributed by atoms with van der Waals surface area (Å²) in [6.07, 6.45) is 7.85. The van der Waals surface area contributed by atoms with Crippen molar-refractivity contribution in [2.45, 2.75) is 6.42 Å². The number of rotatable bonds is 7. The monoisotopic (exact) mass is 912 g/mol. The zero-order chi connectivity index (χ0) is 46.1. The van der Waals surface area contributed by atoms with Crippen LogP contribution >= 0.6 is 11.3 Å². The molecule has 0 bridgehead atoms. The fraction of sp³-hybridized carbons (Fsp3) is 0.0156. The Kier molecular flexibility index (Phi) is 9.39. The van der Waals surface area contributed by atoms with E-state index in [4.69, 9.17) is 19.4 Å². The molecule has 0 saturated carbocycles. The topological polar surface area (TPSA) is 56.7 Å². The van der Waals surface area contributed by atoms with E-state index < -0.39 is 0 Å². The molecule has 328 valence electrons. The highest BCUT2D eigenvalue weighted by atomic mass is 32.1. The molecular weight excluding hydrogens is 873 g/mol. The van der Waals surface area contributed by atoms with E-state index >= 15 is 0 Å². The second-order valence-electron chi connectivity index (χ2n) is 17.8. The quantitative estimate of drug-likeness (QED) is 0.160. The van der Waals surface area contributed by atoms with Crippen molar-refractivity contribution in [3.05, 3.63) is 240 Å². The van der Waals surface area contributed by atoms with Crippen LogP contribution in [0.4, 0.5) is 0 Å². The van der Waals surface area contributed by atoms with Crippen molar-refractivity contribution in [1.29, 1.82) is 0 Å². The van der Waals surface area contributed by atoms with Gasteiger partial charge in [0, 0.05) is 70.0 Å². The van der Waals surface area contributed by atoms with Crippen molar-refractivity contribution in [1.82, 2.24) is 19.5 Å². The van der Waals surface area contributed by atoms with Crippen LogP contribution in [0.5, 0.6) is 0 Å². The Bertz CT molecular complexity index is 4270. The van der Waals surface area contributed by atoms with Crippen LogP contribution in [0.1, 0.15) is 22.4 Å². The summed E-state index contributed by atoms with van der Waals surface area (Å²) in [5.41, 5.74) is 16.0. The van der Waals surface area contributed by atoms with Crippen LogP contribution in [0.2, 0.25) is 0 Å². The molecule has 4 heterocycles. The molecule has 13 aromatic rings. The number of aromatic nitrogens is 4. The summed E-state index contributed by atoms with van der Waals surface area (Å²) in [6.45, 7) is 0. The van der Waals surface area contributed by atoms with E-state index in [1.165, 1.54) is 53.6 Å². The number of nitrogens with zero attached hydrogens (tertiary/aromatic N) is 4. The number of furan rings is 1. The Morgan fingerprint density at radius 2 is 1.07 bits per heavy atom. The predicted molar refractivity (Wildman–Crippen MR) is 291 cm³/mol. The third-order valence-electron chi connectivity index (χ3n) is 13.6. The minimum absolute atomic E-state index is 0.575. The van der Waals surface area contributed by atoms with Crippen molar-refractivity contribution >= 4 is 76.8 Å². The van der Waals surface area contributed by atoms with Crippen LogP contribution in [-0.2, 0) is 0 Å². The lowest BCUT2D eigenvalue weighted by molar-refractivity contribution is 0.669. The Hall–Kier alpha value is -8.97. The SMILES string of the molecule is C1=Cc2sc3ccccc3c2C(c2cccc(-c3cc(-c4ccccc4)cc4c5ccccc5n(-c5cccc(-c6nc(-c7ccccc7)nc(-c7ccc8c(c7)oc7ccccc78)n6)c5)c34)c2)=CC1. The number of para-hydroxylation sites is 2. The number of fused-ring (bicyclic) bond motifs is 9. The van der Waals surface area contributed by atoms with E-state index in [1.807, 2.05) is 65.9 Å². The Labute approximate surface area is 407 Å². The van der Waals surface area contributed by atoms with E-state index in [9.17, 15) is 0 Å². The molecule has 0 atom stereocenters. The lowest BCUT2D eigenvalue weighted by atomic mass is 9.91. The molecule has 0 unspecified atom stereocenters. The van der Waals surface area contributed by atoms with E-state index in [-0.39, 0.29) is 0 Å². The first kappa shape index (κ1) is 40.1. The third kappa shape index (κ3) is 6.72. The molecule has 0 N–H and O–H groups in total. The standard InChI is InChI=1S/C64H40N4OS/c1-3-17-40(18-4-1)46-37-53(43-22-15-21-42(35-43)48-25-9-14-32-59-60(48)52-28-10-13-31-58(52)70-59)61-54(38-46)49-26-7-11-29-55(49)68(61)47-24-16-23-44(36-47)63-65-62(41-19-5-2-6-20-41)66-64(67-63)45-33-34-51-50-27-8-12-30-56(50)69-57(51)39-45/h1-8,10-39H,9H2. The Morgan fingerprint density at radius 3 is 1.91 bits per heavy atom. The lowest BCUT2D eigenvalue weighted by Crippen LogP contribution is -2.01. The minimum atomic E-state index is 0.575. The zero-order valence-corrected chi connectivity index (χ0v) is 38.6. The molecule has 0 aliphatic heterocycles. The highest BCUT2D eigenvalue weighted by molar-refractivity contribution is 7.20. The number of hydrogen-bond donors (Lipinski definition) is 0. The molecule has 5 nitrogen and oxygen atoms in total. The van der Waals surface area contributed by atoms with Gasteiger partial charge in [0.2, 0.25) is 0 Å². The molecule has 0 fully saturated rings. The third-order valence-corrected chi connectivity index (χ3v) is 14.8. The maximum Gasteiger partial charge on any atom is 0.164 e. The van der Waals surface area contributed by atoms with E-state index in [0.717, 1.165) is 72.9 Å². The van der Waals surface area contributed by atoms with Gasteiger partial charge in [0.1, 0.15) is 11.2 Å². The fourth-order valence-electron chi connectivity index (χ4n) is 10.4. The van der Waals surface area contributed by atoms with Crippen molar-refractivity contribution in [3.8, 4) is 62.1 Å². The van der Waals surface area contributed by atoms with Gasteiger partial charge in [-0.15, -0.1) is 11.3 Å². The predicted octanol–water partition coefficient (Wildman–Crippen LogP) is 17.3. The van der Waals surface area contributed by atoms with E-state index in [0.29, 0.717) is 17.5 Å². The smallest absolute Gasteiger partial charge is 0.164 e. The zero-order valence-electron chi connectivity index (χ0n) is 37.8. The molecule has 70 heavy (non-hydrogen) atoms. The lowest BCUT2D eigenvalue weighted by Gasteiger charge is -2.16. The highest BCUT2D eigenvalue weighted by Gasteiger charge is 2.23. The summed E-state index contributed by atoms with van der Waals surface area (Å²) in [6, 6.07) is 75.4. The second kappa shape index (κ2) is 16.4. The summed E-state index contributed by atoms with van der Waals surface area (Å²) in [5.74, 6) is 1.76. The van der Waals surface area contributed by atoms with Gasteiger partial charge in [0.25, 0.3) is 0 Å². The van der Waals surface area contributed by atoms with Gasteiger partial charge < -0.3 is 8.98 Å². The maximum absolute atomic E-state index is 6.34. The molecule has 0 radical (unpaired) electrons. The Balaban J connectivity index is 0.969. The second-order valence-corrected chi connectivity index (χ2v) is 18.9. The first-order valence-electron chi connectivity index (χ1n) is 23.6. The van der Waals surface area contributed by atoms with Crippen LogP contribution in [0.25, 0.3) is 128 Å². The minimum Gasteiger partial charge on any atom is -0.456 e. The summed E-state index contributed by atoms with van der Waals surface area (Å²) in [4.78, 5) is 16.8. The number of allylic oxidation sites excluding steroid dienone is 2. The first-order chi connectivity index (χ1) is 34.7. The van der Waals surface area contributed by atoms with Crippen LogP contribution in [0.3, 0.4) is 0 Å². The molecule has 4 aromatic heterocycles. The van der Waals surface area contributed by atoms with Gasteiger partial charge in [-0.25, -0.2) is 15.0 Å². The highest BCUT2D eigenvalue weighted by Crippen LogP contribution is 2.45. The maximum atomic E-state index is 6.34. The van der Waals surface area contributed by atoms with Crippen LogP contribution in [0.15, 0.2) is 229 Å². The molecule has 9 aromatic carbocycles. The fourth-order valence-corrected chi connectivity index (χ4v) is 11.6. The molecule has 6 heteroatoms. The molecule has 14 rings (SSSR count). The van der Waals surface area contributed by atoms with E-state index in [1.54, 1.807) is 0 Å². The number of thiophene rings is 1. The molecule has 0 saturated heterocycles. The molecule has 1 aliphatic carbocycles. The Morgan fingerprint density at radius 1 is 0.429 bits per heavy atom. The van der Waals surface area contributed by atoms with Crippen molar-refractivity contribution in [2.24, 2.45) is 0 Å². The van der Waals surface area contributed by atoms with Gasteiger partial charge in [-0.3, -0.25) is 0 Å². The van der Waals surface area contributed by atoms with Crippen LogP contribution in [0, 0.1) is 0 Å². The van der Waals surface area contributed by atoms with Gasteiger partial charge in [-0.1, -0.05) is 164 Å². The molecule has 0 spiro atoms. The summed E-state index contributed by atoms with van der Waals surface area (Å²) in [5, 5.41) is 5.80. The van der Waals surface area contributed by atoms with Crippen LogP contribution < -0.4 is 0 Å². The number of hydrogen-bond acceptors (Lipinski definition) is 5. The molecular formula is C64H40N4OS. The molecule has 1 aliphatic rings. The van der Waals surface area contributed by atoms with Gasteiger partial charge in [0.05, 0.1) is 11.0 Å². The summed E-state index contributed by atoms with van der Waals surface area (Å²) >= 11 is 1.87. The van der Waals surface area contributed by atoms with Gasteiger partial charge in [-0.2, -0.15) is 0 Å². The average Bonchev–Trinajstić information content (AvgIpc) is 4.05. The van der Waals surface area contributed by atoms with Gasteiger partial charge in [0.15, 0.2) is 17.5 Å². The summed E-state index contributed by atoms with van der Waals surface area (Å²) < 4.78 is 10.1. The summed E-state index contributed by atoms with van der Waals surface area (Å²) in [7, 11) is 0. The average molecular weight is 913 g/mol. The normalized spacial score (nSPS) is 12.5. The first-order valence-corrected chi connectivity index (χ1v) is 24.5. The largest absolute Gasteiger partial charge is 0.456 e. The number of benzene rings is 9.